The normalized spacial score (nSPS) is 25.8. The Balaban J connectivity index is 1.50. The fourth-order valence-electron chi connectivity index (χ4n) is 4.62. The van der Waals surface area contributed by atoms with E-state index in [1.807, 2.05) is 19.1 Å². The van der Waals surface area contributed by atoms with E-state index < -0.39 is 5.97 Å². The third-order valence-corrected chi connectivity index (χ3v) is 6.39. The first-order valence-electron chi connectivity index (χ1n) is 10.7. The zero-order valence-electron chi connectivity index (χ0n) is 18.1. The van der Waals surface area contributed by atoms with E-state index in [4.69, 9.17) is 14.2 Å². The SMILES string of the molecule is CCOc1cc(C=NN2C(=O)[C@@H]3[C@H](C2=O)[C@H]2C=C[C@H]3C2)cc(Br)c1OCC(=O)OC(C)C. The van der Waals surface area contributed by atoms with E-state index in [1.165, 1.54) is 6.21 Å². The van der Waals surface area contributed by atoms with Gasteiger partial charge in [0, 0.05) is 0 Å². The molecule has 1 aromatic rings. The summed E-state index contributed by atoms with van der Waals surface area (Å²) in [4.78, 5) is 37.4. The van der Waals surface area contributed by atoms with Gasteiger partial charge < -0.3 is 14.2 Å². The quantitative estimate of drug-likeness (QED) is 0.233. The molecule has 32 heavy (non-hydrogen) atoms. The Bertz CT molecular complexity index is 974. The molecule has 0 aromatic heterocycles. The first-order chi connectivity index (χ1) is 15.3. The van der Waals surface area contributed by atoms with Crippen LogP contribution in [0.25, 0.3) is 0 Å². The number of benzene rings is 1. The second-order valence-electron chi connectivity index (χ2n) is 8.32. The molecule has 0 unspecified atom stereocenters. The summed E-state index contributed by atoms with van der Waals surface area (Å²) in [5, 5.41) is 5.21. The van der Waals surface area contributed by atoms with Crippen molar-refractivity contribution in [1.29, 1.82) is 0 Å². The maximum absolute atomic E-state index is 12.8. The Morgan fingerprint density at radius 2 is 1.84 bits per heavy atom. The average molecular weight is 505 g/mol. The number of rotatable bonds is 8. The van der Waals surface area contributed by atoms with E-state index in [0.717, 1.165) is 11.4 Å². The lowest BCUT2D eigenvalue weighted by molar-refractivity contribution is -0.149. The van der Waals surface area contributed by atoms with E-state index in [9.17, 15) is 14.4 Å². The number of amides is 2. The third-order valence-electron chi connectivity index (χ3n) is 5.80. The number of fused-ring (bicyclic) bond motifs is 5. The molecule has 4 rings (SSSR count). The number of allylic oxidation sites excluding steroid dienone is 2. The number of imide groups is 1. The van der Waals surface area contributed by atoms with Gasteiger partial charge in [0.05, 0.1) is 35.2 Å². The molecule has 8 nitrogen and oxygen atoms in total. The largest absolute Gasteiger partial charge is 0.490 e. The predicted octanol–water partition coefficient (Wildman–Crippen LogP) is 3.32. The molecule has 3 aliphatic rings. The van der Waals surface area contributed by atoms with E-state index >= 15 is 0 Å². The highest BCUT2D eigenvalue weighted by Gasteiger charge is 2.59. The fraction of sp³-hybridized carbons (Fsp3) is 0.478. The van der Waals surface area contributed by atoms with Crippen molar-refractivity contribution >= 4 is 39.9 Å². The fourth-order valence-corrected chi connectivity index (χ4v) is 5.19. The van der Waals surface area contributed by atoms with E-state index in [2.05, 4.69) is 21.0 Å². The van der Waals surface area contributed by atoms with Crippen molar-refractivity contribution in [1.82, 2.24) is 5.01 Å². The molecule has 2 bridgehead atoms. The summed E-state index contributed by atoms with van der Waals surface area (Å²) >= 11 is 3.44. The zero-order valence-corrected chi connectivity index (χ0v) is 19.7. The van der Waals surface area contributed by atoms with Crippen LogP contribution in [0.2, 0.25) is 0 Å². The van der Waals surface area contributed by atoms with Crippen LogP contribution < -0.4 is 9.47 Å². The molecule has 4 atom stereocenters. The van der Waals surface area contributed by atoms with Crippen LogP contribution in [0.3, 0.4) is 0 Å². The molecule has 0 spiro atoms. The number of hydrogen-bond acceptors (Lipinski definition) is 7. The van der Waals surface area contributed by atoms with Crippen LogP contribution in [0.4, 0.5) is 0 Å². The summed E-state index contributed by atoms with van der Waals surface area (Å²) in [6.07, 6.45) is 6.19. The van der Waals surface area contributed by atoms with Gasteiger partial charge in [-0.1, -0.05) is 12.2 Å². The minimum atomic E-state index is -0.486. The highest BCUT2D eigenvalue weighted by molar-refractivity contribution is 9.10. The Hall–Kier alpha value is -2.68. The van der Waals surface area contributed by atoms with Gasteiger partial charge in [-0.05, 0) is 72.7 Å². The van der Waals surface area contributed by atoms with Crippen molar-refractivity contribution in [3.8, 4) is 11.5 Å². The Morgan fingerprint density at radius 1 is 1.19 bits per heavy atom. The van der Waals surface area contributed by atoms with Crippen molar-refractivity contribution in [3.05, 3.63) is 34.3 Å². The Kier molecular flexibility index (Phi) is 6.37. The van der Waals surface area contributed by atoms with Gasteiger partial charge in [-0.15, -0.1) is 0 Å². The number of nitrogens with zero attached hydrogens (tertiary/aromatic N) is 2. The molecule has 2 amide bonds. The van der Waals surface area contributed by atoms with Gasteiger partial charge in [-0.3, -0.25) is 9.59 Å². The molecule has 170 valence electrons. The van der Waals surface area contributed by atoms with Crippen LogP contribution in [0.15, 0.2) is 33.9 Å². The number of hydrazone groups is 1. The van der Waals surface area contributed by atoms with Gasteiger partial charge in [0.25, 0.3) is 11.8 Å². The van der Waals surface area contributed by atoms with Crippen molar-refractivity contribution in [2.75, 3.05) is 13.2 Å². The summed E-state index contributed by atoms with van der Waals surface area (Å²) in [5.74, 6) is -0.502. The predicted molar refractivity (Wildman–Crippen MR) is 119 cm³/mol. The van der Waals surface area contributed by atoms with E-state index in [0.29, 0.717) is 28.1 Å². The van der Waals surface area contributed by atoms with Gasteiger partial charge >= 0.3 is 5.97 Å². The summed E-state index contributed by atoms with van der Waals surface area (Å²) in [6, 6.07) is 3.39. The molecule has 1 saturated carbocycles. The van der Waals surface area contributed by atoms with Crippen LogP contribution in [0, 0.1) is 23.7 Å². The first-order valence-corrected chi connectivity index (χ1v) is 11.5. The maximum Gasteiger partial charge on any atom is 0.344 e. The molecule has 9 heteroatoms. The average Bonchev–Trinajstić information content (AvgIpc) is 3.40. The van der Waals surface area contributed by atoms with Crippen LogP contribution >= 0.6 is 15.9 Å². The summed E-state index contributed by atoms with van der Waals surface area (Å²) < 4.78 is 16.9. The molecular formula is C23H25BrN2O6. The molecule has 1 aliphatic heterocycles. The maximum atomic E-state index is 12.8. The topological polar surface area (TPSA) is 94.5 Å². The van der Waals surface area contributed by atoms with Gasteiger partial charge in [-0.25, -0.2) is 4.79 Å². The van der Waals surface area contributed by atoms with Crippen molar-refractivity contribution in [2.24, 2.45) is 28.8 Å². The number of ether oxygens (including phenoxy) is 3. The highest BCUT2D eigenvalue weighted by atomic mass is 79.9. The highest BCUT2D eigenvalue weighted by Crippen LogP contribution is 2.52. The van der Waals surface area contributed by atoms with Crippen LogP contribution in [-0.4, -0.2) is 48.3 Å². The number of hydrogen-bond donors (Lipinski definition) is 0. The first kappa shape index (κ1) is 22.5. The van der Waals surface area contributed by atoms with E-state index in [1.54, 1.807) is 26.0 Å². The molecule has 1 heterocycles. The van der Waals surface area contributed by atoms with E-state index in [-0.39, 0.29) is 48.2 Å². The number of carbonyl (C=O) groups excluding carboxylic acids is 3. The third kappa shape index (κ3) is 4.18. The van der Waals surface area contributed by atoms with Gasteiger partial charge in [0.1, 0.15) is 0 Å². The van der Waals surface area contributed by atoms with Crippen LogP contribution in [0.1, 0.15) is 32.8 Å². The number of halogens is 1. The minimum absolute atomic E-state index is 0.138. The Labute approximate surface area is 194 Å². The molecule has 2 fully saturated rings. The summed E-state index contributed by atoms with van der Waals surface area (Å²) in [7, 11) is 0. The monoisotopic (exact) mass is 504 g/mol. The Morgan fingerprint density at radius 3 is 2.44 bits per heavy atom. The summed E-state index contributed by atoms with van der Waals surface area (Å²) in [5.41, 5.74) is 0.608. The lowest BCUT2D eigenvalue weighted by Gasteiger charge is -2.15. The summed E-state index contributed by atoms with van der Waals surface area (Å²) in [6.45, 7) is 5.46. The number of carbonyl (C=O) groups is 3. The number of esters is 1. The van der Waals surface area contributed by atoms with Crippen LogP contribution in [0.5, 0.6) is 11.5 Å². The smallest absolute Gasteiger partial charge is 0.344 e. The van der Waals surface area contributed by atoms with Crippen LogP contribution in [-0.2, 0) is 19.1 Å². The molecule has 0 radical (unpaired) electrons. The van der Waals surface area contributed by atoms with Crippen molar-refractivity contribution < 1.29 is 28.6 Å². The molecule has 1 saturated heterocycles. The van der Waals surface area contributed by atoms with Gasteiger partial charge in [0.2, 0.25) is 0 Å². The lowest BCUT2D eigenvalue weighted by atomic mass is 9.85. The lowest BCUT2D eigenvalue weighted by Crippen LogP contribution is -2.28. The molecule has 1 aromatic carbocycles. The standard InChI is InChI=1S/C23H25BrN2O6/c1-4-30-17-8-13(7-16(24)21(17)31-11-18(27)32-12(2)3)10-25-26-22(28)19-14-5-6-15(9-14)20(19)23(26)29/h5-8,10,12,14-15,19-20H,4,9,11H2,1-3H3/t14-,15-,19-,20+/m0/s1. The zero-order chi connectivity index (χ0) is 23.0. The van der Waals surface area contributed by atoms with Gasteiger partial charge in [0.15, 0.2) is 18.1 Å². The second-order valence-corrected chi connectivity index (χ2v) is 9.18. The van der Waals surface area contributed by atoms with Gasteiger partial charge in [-0.2, -0.15) is 10.1 Å². The van der Waals surface area contributed by atoms with Crippen molar-refractivity contribution in [3.63, 3.8) is 0 Å². The second kappa shape index (κ2) is 9.05. The minimum Gasteiger partial charge on any atom is -0.490 e. The molecule has 0 N–H and O–H groups in total. The van der Waals surface area contributed by atoms with Crippen molar-refractivity contribution in [2.45, 2.75) is 33.3 Å². The molecular weight excluding hydrogens is 480 g/mol. The molecule has 2 aliphatic carbocycles.